The zero-order valence-corrected chi connectivity index (χ0v) is 14.6. The summed E-state index contributed by atoms with van der Waals surface area (Å²) in [5, 5.41) is 4.93. The SMILES string of the molecule is COC(=O)c1ccc(O[C@@H](C)C(=O)Nc2cccc3ccccc23)cc1. The molecule has 3 aromatic carbocycles. The number of ether oxygens (including phenoxy) is 2. The number of hydrogen-bond acceptors (Lipinski definition) is 4. The molecule has 0 aliphatic carbocycles. The number of hydrogen-bond donors (Lipinski definition) is 1. The van der Waals surface area contributed by atoms with Gasteiger partial charge >= 0.3 is 5.97 Å². The first-order valence-corrected chi connectivity index (χ1v) is 8.22. The molecular formula is C21H19NO4. The lowest BCUT2D eigenvalue weighted by atomic mass is 10.1. The molecule has 0 aliphatic rings. The van der Waals surface area contributed by atoms with Crippen LogP contribution in [0.1, 0.15) is 17.3 Å². The number of methoxy groups -OCH3 is 1. The Kier molecular flexibility index (Phi) is 5.17. The van der Waals surface area contributed by atoms with Gasteiger partial charge in [0.15, 0.2) is 6.10 Å². The molecule has 0 aromatic heterocycles. The molecular weight excluding hydrogens is 330 g/mol. The second-order valence-electron chi connectivity index (χ2n) is 5.79. The number of nitrogens with one attached hydrogen (secondary N) is 1. The van der Waals surface area contributed by atoms with E-state index in [2.05, 4.69) is 10.1 Å². The molecule has 3 rings (SSSR count). The number of carbonyl (C=O) groups excluding carboxylic acids is 2. The molecule has 0 spiro atoms. The quantitative estimate of drug-likeness (QED) is 0.706. The van der Waals surface area contributed by atoms with E-state index in [1.54, 1.807) is 31.2 Å². The minimum absolute atomic E-state index is 0.251. The third-order valence-electron chi connectivity index (χ3n) is 4.01. The second-order valence-corrected chi connectivity index (χ2v) is 5.79. The fraction of sp³-hybridized carbons (Fsp3) is 0.143. The number of carbonyl (C=O) groups is 2. The molecule has 1 amide bonds. The molecule has 1 N–H and O–H groups in total. The van der Waals surface area contributed by atoms with Crippen LogP contribution in [0.5, 0.6) is 5.75 Å². The first-order chi connectivity index (χ1) is 12.6. The number of rotatable bonds is 5. The highest BCUT2D eigenvalue weighted by Crippen LogP contribution is 2.23. The van der Waals surface area contributed by atoms with Crippen molar-refractivity contribution in [1.29, 1.82) is 0 Å². The highest BCUT2D eigenvalue weighted by Gasteiger charge is 2.16. The number of benzene rings is 3. The summed E-state index contributed by atoms with van der Waals surface area (Å²) in [5.74, 6) is -0.171. The maximum absolute atomic E-state index is 12.5. The smallest absolute Gasteiger partial charge is 0.337 e. The van der Waals surface area contributed by atoms with Gasteiger partial charge < -0.3 is 14.8 Å². The summed E-state index contributed by atoms with van der Waals surface area (Å²) in [5.41, 5.74) is 1.16. The van der Waals surface area contributed by atoms with Crippen molar-refractivity contribution in [3.63, 3.8) is 0 Å². The van der Waals surface area contributed by atoms with Crippen molar-refractivity contribution in [2.75, 3.05) is 12.4 Å². The molecule has 0 heterocycles. The van der Waals surface area contributed by atoms with Gasteiger partial charge in [-0.2, -0.15) is 0 Å². The van der Waals surface area contributed by atoms with Gasteiger partial charge in [-0.15, -0.1) is 0 Å². The fourth-order valence-electron chi connectivity index (χ4n) is 2.61. The van der Waals surface area contributed by atoms with Crippen LogP contribution < -0.4 is 10.1 Å². The predicted molar refractivity (Wildman–Crippen MR) is 100 cm³/mol. The van der Waals surface area contributed by atoms with Gasteiger partial charge in [-0.3, -0.25) is 4.79 Å². The highest BCUT2D eigenvalue weighted by atomic mass is 16.5. The molecule has 0 saturated carbocycles. The summed E-state index contributed by atoms with van der Waals surface area (Å²) in [6.07, 6.45) is -0.696. The topological polar surface area (TPSA) is 64.6 Å². The Hall–Kier alpha value is -3.34. The summed E-state index contributed by atoms with van der Waals surface area (Å²) in [6, 6.07) is 20.0. The Labute approximate surface area is 151 Å². The van der Waals surface area contributed by atoms with Gasteiger partial charge in [-0.05, 0) is 42.6 Å². The highest BCUT2D eigenvalue weighted by molar-refractivity contribution is 6.03. The Bertz CT molecular complexity index is 929. The fourth-order valence-corrected chi connectivity index (χ4v) is 2.61. The van der Waals surface area contributed by atoms with Crippen LogP contribution in [-0.2, 0) is 9.53 Å². The van der Waals surface area contributed by atoms with Gasteiger partial charge in [0, 0.05) is 11.1 Å². The van der Waals surface area contributed by atoms with E-state index in [9.17, 15) is 9.59 Å². The van der Waals surface area contributed by atoms with Crippen LogP contribution >= 0.6 is 0 Å². The van der Waals surface area contributed by atoms with E-state index in [1.807, 2.05) is 42.5 Å². The van der Waals surface area contributed by atoms with Crippen molar-refractivity contribution in [2.45, 2.75) is 13.0 Å². The van der Waals surface area contributed by atoms with E-state index >= 15 is 0 Å². The Morgan fingerprint density at radius 1 is 0.923 bits per heavy atom. The van der Waals surface area contributed by atoms with Crippen LogP contribution in [0.4, 0.5) is 5.69 Å². The lowest BCUT2D eigenvalue weighted by molar-refractivity contribution is -0.122. The third-order valence-corrected chi connectivity index (χ3v) is 4.01. The van der Waals surface area contributed by atoms with Gasteiger partial charge in [0.25, 0.3) is 5.91 Å². The van der Waals surface area contributed by atoms with Crippen molar-refractivity contribution in [3.05, 3.63) is 72.3 Å². The standard InChI is InChI=1S/C21H19NO4/c1-14(26-17-12-10-16(11-13-17)21(24)25-2)20(23)22-19-9-5-7-15-6-3-4-8-18(15)19/h3-14H,1-2H3,(H,22,23)/t14-/m0/s1. The van der Waals surface area contributed by atoms with Crippen molar-refractivity contribution < 1.29 is 19.1 Å². The molecule has 5 heteroatoms. The van der Waals surface area contributed by atoms with Crippen molar-refractivity contribution in [1.82, 2.24) is 0 Å². The Morgan fingerprint density at radius 3 is 2.35 bits per heavy atom. The lowest BCUT2D eigenvalue weighted by Crippen LogP contribution is -2.30. The number of esters is 1. The first-order valence-electron chi connectivity index (χ1n) is 8.22. The lowest BCUT2D eigenvalue weighted by Gasteiger charge is -2.16. The minimum Gasteiger partial charge on any atom is -0.481 e. The second kappa shape index (κ2) is 7.70. The molecule has 26 heavy (non-hydrogen) atoms. The van der Waals surface area contributed by atoms with Crippen LogP contribution in [0.15, 0.2) is 66.7 Å². The predicted octanol–water partition coefficient (Wildman–Crippen LogP) is 4.03. The Morgan fingerprint density at radius 2 is 1.62 bits per heavy atom. The van der Waals surface area contributed by atoms with Gasteiger partial charge in [0.2, 0.25) is 0 Å². The summed E-state index contributed by atoms with van der Waals surface area (Å²) < 4.78 is 10.3. The number of amides is 1. The van der Waals surface area contributed by atoms with E-state index < -0.39 is 12.1 Å². The molecule has 1 atom stereocenters. The zero-order chi connectivity index (χ0) is 18.5. The molecule has 0 saturated heterocycles. The molecule has 0 fully saturated rings. The maximum atomic E-state index is 12.5. The van der Waals surface area contributed by atoms with Crippen LogP contribution in [0, 0.1) is 0 Å². The average molecular weight is 349 g/mol. The number of anilines is 1. The maximum Gasteiger partial charge on any atom is 0.337 e. The summed E-state index contributed by atoms with van der Waals surface area (Å²) in [6.45, 7) is 1.68. The van der Waals surface area contributed by atoms with E-state index in [1.165, 1.54) is 7.11 Å². The summed E-state index contributed by atoms with van der Waals surface area (Å²) in [4.78, 5) is 23.9. The largest absolute Gasteiger partial charge is 0.481 e. The van der Waals surface area contributed by atoms with Gasteiger partial charge in [-0.1, -0.05) is 36.4 Å². The first kappa shape index (κ1) is 17.5. The van der Waals surface area contributed by atoms with Gasteiger partial charge in [0.05, 0.1) is 12.7 Å². The normalized spacial score (nSPS) is 11.6. The van der Waals surface area contributed by atoms with Crippen LogP contribution in [0.3, 0.4) is 0 Å². The van der Waals surface area contributed by atoms with Crippen molar-refractivity contribution >= 4 is 28.3 Å². The minimum atomic E-state index is -0.696. The van der Waals surface area contributed by atoms with E-state index in [4.69, 9.17) is 4.74 Å². The molecule has 0 unspecified atom stereocenters. The van der Waals surface area contributed by atoms with Gasteiger partial charge in [0.1, 0.15) is 5.75 Å². The van der Waals surface area contributed by atoms with Gasteiger partial charge in [-0.25, -0.2) is 4.79 Å². The van der Waals surface area contributed by atoms with Crippen LogP contribution in [-0.4, -0.2) is 25.1 Å². The van der Waals surface area contributed by atoms with Crippen LogP contribution in [0.25, 0.3) is 10.8 Å². The van der Waals surface area contributed by atoms with E-state index in [-0.39, 0.29) is 5.91 Å². The summed E-state index contributed by atoms with van der Waals surface area (Å²) >= 11 is 0. The third kappa shape index (κ3) is 3.83. The molecule has 3 aromatic rings. The molecule has 5 nitrogen and oxygen atoms in total. The van der Waals surface area contributed by atoms with E-state index in [0.717, 1.165) is 16.5 Å². The zero-order valence-electron chi connectivity index (χ0n) is 14.6. The molecule has 132 valence electrons. The van der Waals surface area contributed by atoms with E-state index in [0.29, 0.717) is 11.3 Å². The number of fused-ring (bicyclic) bond motifs is 1. The molecule has 0 radical (unpaired) electrons. The Balaban J connectivity index is 1.69. The molecule has 0 aliphatic heterocycles. The van der Waals surface area contributed by atoms with Crippen LogP contribution in [0.2, 0.25) is 0 Å². The summed E-state index contributed by atoms with van der Waals surface area (Å²) in [7, 11) is 1.33. The molecule has 0 bridgehead atoms. The monoisotopic (exact) mass is 349 g/mol. The van der Waals surface area contributed by atoms with Crippen molar-refractivity contribution in [2.24, 2.45) is 0 Å². The van der Waals surface area contributed by atoms with Crippen molar-refractivity contribution in [3.8, 4) is 5.75 Å². The average Bonchev–Trinajstić information content (AvgIpc) is 2.68.